The van der Waals surface area contributed by atoms with Gasteiger partial charge in [-0.15, -0.1) is 0 Å². The molecular formula is C19H16ClFN4O3. The van der Waals surface area contributed by atoms with E-state index >= 15 is 0 Å². The highest BCUT2D eigenvalue weighted by Crippen LogP contribution is 2.26. The molecule has 1 amide bonds. The molecule has 1 aromatic heterocycles. The molecule has 0 aliphatic rings. The Morgan fingerprint density at radius 3 is 2.68 bits per heavy atom. The zero-order chi connectivity index (χ0) is 20.4. The molecule has 1 N–H and O–H groups in total. The lowest BCUT2D eigenvalue weighted by Gasteiger charge is -2.13. The number of carbonyl (C=O) groups excluding carboxylic acids is 1. The van der Waals surface area contributed by atoms with Crippen LogP contribution in [-0.2, 0) is 0 Å². The van der Waals surface area contributed by atoms with E-state index in [-0.39, 0.29) is 11.6 Å². The lowest BCUT2D eigenvalue weighted by atomic mass is 10.0. The molecule has 0 spiro atoms. The first kappa shape index (κ1) is 19.5. The summed E-state index contributed by atoms with van der Waals surface area (Å²) in [4.78, 5) is 22.8. The van der Waals surface area contributed by atoms with Gasteiger partial charge in [0.1, 0.15) is 0 Å². The lowest BCUT2D eigenvalue weighted by Crippen LogP contribution is -2.15. The molecule has 1 heterocycles. The highest BCUT2D eigenvalue weighted by molar-refractivity contribution is 6.30. The number of anilines is 1. The van der Waals surface area contributed by atoms with Crippen molar-refractivity contribution >= 4 is 28.9 Å². The number of benzene rings is 2. The smallest absolute Gasteiger partial charge is 0.306 e. The second kappa shape index (κ2) is 7.77. The Hall–Kier alpha value is -3.26. The Balaban J connectivity index is 1.97. The maximum absolute atomic E-state index is 13.5. The fourth-order valence-corrected chi connectivity index (χ4v) is 3.02. The molecule has 3 rings (SSSR count). The van der Waals surface area contributed by atoms with Gasteiger partial charge in [-0.1, -0.05) is 31.5 Å². The summed E-state index contributed by atoms with van der Waals surface area (Å²) in [6.45, 7) is 3.83. The summed E-state index contributed by atoms with van der Waals surface area (Å²) in [5, 5.41) is 18.3. The van der Waals surface area contributed by atoms with Crippen LogP contribution in [0.3, 0.4) is 0 Å². The summed E-state index contributed by atoms with van der Waals surface area (Å²) >= 11 is 6.05. The molecule has 0 unspecified atom stereocenters. The minimum Gasteiger partial charge on any atom is -0.322 e. The van der Waals surface area contributed by atoms with Crippen molar-refractivity contribution in [1.29, 1.82) is 0 Å². The Morgan fingerprint density at radius 1 is 1.29 bits per heavy atom. The van der Waals surface area contributed by atoms with Gasteiger partial charge < -0.3 is 5.32 Å². The number of nitrogens with zero attached hydrogens (tertiary/aromatic N) is 3. The van der Waals surface area contributed by atoms with Crippen molar-refractivity contribution in [3.05, 3.63) is 80.9 Å². The maximum atomic E-state index is 13.5. The fourth-order valence-electron chi connectivity index (χ4n) is 2.83. The van der Waals surface area contributed by atoms with Gasteiger partial charge in [0.15, 0.2) is 0 Å². The highest BCUT2D eigenvalue weighted by Gasteiger charge is 2.22. The van der Waals surface area contributed by atoms with E-state index in [2.05, 4.69) is 10.4 Å². The van der Waals surface area contributed by atoms with Gasteiger partial charge in [0.05, 0.1) is 28.1 Å². The van der Waals surface area contributed by atoms with Gasteiger partial charge in [0.25, 0.3) is 5.91 Å². The van der Waals surface area contributed by atoms with Crippen LogP contribution in [-0.4, -0.2) is 20.6 Å². The van der Waals surface area contributed by atoms with E-state index in [0.717, 1.165) is 12.1 Å². The molecule has 2 aromatic carbocycles. The van der Waals surface area contributed by atoms with E-state index < -0.39 is 22.3 Å². The number of nitrogens with one attached hydrogen (secondary N) is 1. The molecule has 0 fully saturated rings. The number of halogens is 2. The van der Waals surface area contributed by atoms with Crippen LogP contribution in [0.15, 0.2) is 48.7 Å². The Morgan fingerprint density at radius 2 is 2.04 bits per heavy atom. The molecule has 0 radical (unpaired) electrons. The van der Waals surface area contributed by atoms with Crippen LogP contribution >= 0.6 is 11.6 Å². The second-order valence-corrected chi connectivity index (χ2v) is 6.80. The van der Waals surface area contributed by atoms with Gasteiger partial charge in [-0.2, -0.15) is 9.49 Å². The molecule has 0 atom stereocenters. The first-order valence-corrected chi connectivity index (χ1v) is 8.75. The summed E-state index contributed by atoms with van der Waals surface area (Å²) < 4.78 is 15.1. The summed E-state index contributed by atoms with van der Waals surface area (Å²) in [7, 11) is 0. The molecular weight excluding hydrogens is 387 g/mol. The van der Waals surface area contributed by atoms with Crippen molar-refractivity contribution in [3.8, 4) is 5.69 Å². The van der Waals surface area contributed by atoms with Crippen molar-refractivity contribution < 1.29 is 14.1 Å². The average Bonchev–Trinajstić information content (AvgIpc) is 3.08. The molecule has 144 valence electrons. The zero-order valence-corrected chi connectivity index (χ0v) is 15.8. The van der Waals surface area contributed by atoms with Crippen molar-refractivity contribution in [1.82, 2.24) is 9.78 Å². The van der Waals surface area contributed by atoms with E-state index in [1.54, 1.807) is 22.9 Å². The number of hydrogen-bond acceptors (Lipinski definition) is 4. The first-order chi connectivity index (χ1) is 13.3. The Kier molecular flexibility index (Phi) is 5.41. The number of rotatable bonds is 5. The number of nitro groups is 1. The Bertz CT molecular complexity index is 1070. The van der Waals surface area contributed by atoms with Crippen LogP contribution in [0.25, 0.3) is 5.69 Å². The van der Waals surface area contributed by atoms with Crippen LogP contribution < -0.4 is 5.32 Å². The third kappa shape index (κ3) is 3.86. The summed E-state index contributed by atoms with van der Waals surface area (Å²) in [5.41, 5.74) is 1.06. The topological polar surface area (TPSA) is 90.1 Å². The molecule has 0 saturated carbocycles. The minimum atomic E-state index is -0.973. The molecule has 0 aliphatic carbocycles. The minimum absolute atomic E-state index is 0.0511. The van der Waals surface area contributed by atoms with Crippen LogP contribution in [0.1, 0.15) is 35.8 Å². The molecule has 3 aromatic rings. The summed E-state index contributed by atoms with van der Waals surface area (Å²) in [6, 6.07) is 10.2. The first-order valence-electron chi connectivity index (χ1n) is 8.37. The highest BCUT2D eigenvalue weighted by atomic mass is 35.5. The molecule has 0 saturated heterocycles. The van der Waals surface area contributed by atoms with E-state index in [9.17, 15) is 19.3 Å². The van der Waals surface area contributed by atoms with Gasteiger partial charge >= 0.3 is 5.69 Å². The standard InChI is InChI=1S/C19H16ClFN4O3/c1-11(2)18-15(10-22-24(18)14-5-3-4-12(20)8-14)19(26)23-13-6-7-16(21)17(9-13)25(27)28/h3-11H,1-2H3,(H,23,26). The van der Waals surface area contributed by atoms with Crippen molar-refractivity contribution in [2.45, 2.75) is 19.8 Å². The van der Waals surface area contributed by atoms with Gasteiger partial charge in [-0.25, -0.2) is 4.68 Å². The van der Waals surface area contributed by atoms with Gasteiger partial charge in [-0.3, -0.25) is 14.9 Å². The van der Waals surface area contributed by atoms with E-state index in [1.165, 1.54) is 12.3 Å². The molecule has 9 heteroatoms. The SMILES string of the molecule is CC(C)c1c(C(=O)Nc2ccc(F)c([N+](=O)[O-])c2)cnn1-c1cccc(Cl)c1. The number of amides is 1. The van der Waals surface area contributed by atoms with E-state index in [4.69, 9.17) is 11.6 Å². The van der Waals surface area contributed by atoms with Crippen molar-refractivity contribution in [2.75, 3.05) is 5.32 Å². The average molecular weight is 403 g/mol. The molecule has 0 aliphatic heterocycles. The normalized spacial score (nSPS) is 10.9. The van der Waals surface area contributed by atoms with Gasteiger partial charge in [0.2, 0.25) is 5.82 Å². The molecule has 7 nitrogen and oxygen atoms in total. The van der Waals surface area contributed by atoms with Crippen molar-refractivity contribution in [3.63, 3.8) is 0 Å². The maximum Gasteiger partial charge on any atom is 0.306 e. The third-order valence-corrected chi connectivity index (χ3v) is 4.29. The van der Waals surface area contributed by atoms with Crippen LogP contribution in [0.5, 0.6) is 0 Å². The number of aromatic nitrogens is 2. The quantitative estimate of drug-likeness (QED) is 0.483. The monoisotopic (exact) mass is 402 g/mol. The summed E-state index contributed by atoms with van der Waals surface area (Å²) in [5.74, 6) is -1.53. The number of nitro benzene ring substituents is 1. The van der Waals surface area contributed by atoms with Gasteiger partial charge in [-0.05, 0) is 36.2 Å². The molecule has 0 bridgehead atoms. The lowest BCUT2D eigenvalue weighted by molar-refractivity contribution is -0.387. The van der Waals surface area contributed by atoms with Crippen LogP contribution in [0.2, 0.25) is 5.02 Å². The number of carbonyl (C=O) groups is 1. The largest absolute Gasteiger partial charge is 0.322 e. The molecule has 28 heavy (non-hydrogen) atoms. The second-order valence-electron chi connectivity index (χ2n) is 6.37. The predicted octanol–water partition coefficient (Wildman–Crippen LogP) is 4.95. The number of hydrogen-bond donors (Lipinski definition) is 1. The Labute approximate surface area is 164 Å². The van der Waals surface area contributed by atoms with E-state index in [1.807, 2.05) is 19.9 Å². The predicted molar refractivity (Wildman–Crippen MR) is 104 cm³/mol. The zero-order valence-electron chi connectivity index (χ0n) is 15.0. The fraction of sp³-hybridized carbons (Fsp3) is 0.158. The van der Waals surface area contributed by atoms with Crippen molar-refractivity contribution in [2.24, 2.45) is 0 Å². The summed E-state index contributed by atoms with van der Waals surface area (Å²) in [6.07, 6.45) is 1.42. The van der Waals surface area contributed by atoms with Crippen LogP contribution in [0.4, 0.5) is 15.8 Å². The van der Waals surface area contributed by atoms with Gasteiger partial charge in [0, 0.05) is 16.8 Å². The third-order valence-electron chi connectivity index (χ3n) is 4.05. The van der Waals surface area contributed by atoms with Crippen LogP contribution in [0, 0.1) is 15.9 Å². The van der Waals surface area contributed by atoms with E-state index in [0.29, 0.717) is 22.0 Å².